The molecule has 0 aliphatic carbocycles. The number of nitrogens with zero attached hydrogens (tertiary/aromatic N) is 2. The zero-order chi connectivity index (χ0) is 18.6. The highest BCUT2D eigenvalue weighted by Crippen LogP contribution is 2.18. The van der Waals surface area contributed by atoms with Gasteiger partial charge in [0, 0.05) is 17.1 Å². The van der Waals surface area contributed by atoms with E-state index >= 15 is 0 Å². The van der Waals surface area contributed by atoms with E-state index in [4.69, 9.17) is 20.1 Å². The first-order valence-electron chi connectivity index (χ1n) is 7.61. The summed E-state index contributed by atoms with van der Waals surface area (Å²) in [6, 6.07) is 7.05. The molecule has 0 radical (unpaired) electrons. The first-order valence-corrected chi connectivity index (χ1v) is 7.61. The normalized spacial score (nSPS) is 11.6. The topological polar surface area (TPSA) is 111 Å². The van der Waals surface area contributed by atoms with Gasteiger partial charge in [0.15, 0.2) is 6.61 Å². The molecule has 2 aromatic heterocycles. The highest BCUT2D eigenvalue weighted by atomic mass is 16.5. The van der Waals surface area contributed by atoms with Gasteiger partial charge in [0.1, 0.15) is 17.4 Å². The number of aromatic nitrogens is 1. The molecule has 0 aliphatic heterocycles. The molecule has 0 aliphatic rings. The number of nitriles is 1. The zero-order valence-corrected chi connectivity index (χ0v) is 14.3. The van der Waals surface area contributed by atoms with Gasteiger partial charge in [-0.25, -0.2) is 4.79 Å². The number of nitrogens with two attached hydrogens (primary N) is 1. The Labute approximate surface area is 145 Å². The summed E-state index contributed by atoms with van der Waals surface area (Å²) in [5.74, 6) is -0.488. The number of hydrogen-bond donors (Lipinski definition) is 1. The first kappa shape index (κ1) is 18.1. The maximum absolute atomic E-state index is 12.3. The van der Waals surface area contributed by atoms with Gasteiger partial charge in [0.25, 0.3) is 0 Å². The molecule has 7 nitrogen and oxygen atoms in total. The second-order valence-corrected chi connectivity index (χ2v) is 5.62. The van der Waals surface area contributed by atoms with Gasteiger partial charge in [-0.1, -0.05) is 0 Å². The molecule has 0 unspecified atom stereocenters. The first-order chi connectivity index (χ1) is 11.8. The third-order valence-corrected chi connectivity index (χ3v) is 3.81. The van der Waals surface area contributed by atoms with E-state index in [1.165, 1.54) is 6.92 Å². The molecule has 2 heterocycles. The van der Waals surface area contributed by atoms with E-state index in [9.17, 15) is 9.59 Å². The Balaban J connectivity index is 2.12. The van der Waals surface area contributed by atoms with E-state index in [1.54, 1.807) is 31.4 Å². The van der Waals surface area contributed by atoms with E-state index in [2.05, 4.69) is 0 Å². The van der Waals surface area contributed by atoms with E-state index in [-0.39, 0.29) is 11.3 Å². The molecule has 25 heavy (non-hydrogen) atoms. The summed E-state index contributed by atoms with van der Waals surface area (Å²) in [7, 11) is 0. The lowest BCUT2D eigenvalue weighted by molar-refractivity contribution is -0.118. The summed E-state index contributed by atoms with van der Waals surface area (Å²) in [5.41, 5.74) is 7.29. The Kier molecular flexibility index (Phi) is 5.45. The van der Waals surface area contributed by atoms with Gasteiger partial charge in [-0.15, -0.1) is 0 Å². The smallest absolute Gasteiger partial charge is 0.340 e. The fourth-order valence-corrected chi connectivity index (χ4v) is 2.46. The van der Waals surface area contributed by atoms with Crippen molar-refractivity contribution in [1.82, 2.24) is 4.57 Å². The molecule has 0 spiro atoms. The fraction of sp³-hybridized carbons (Fsp3) is 0.278. The SMILES string of the molecule is C/C(N)=C(/C#N)C(=O)COC(=O)c1cc(C)n(Cc2ccco2)c1C. The van der Waals surface area contributed by atoms with Crippen LogP contribution in [0.15, 0.2) is 40.1 Å². The fourth-order valence-electron chi connectivity index (χ4n) is 2.46. The lowest BCUT2D eigenvalue weighted by Crippen LogP contribution is -2.18. The molecule has 2 rings (SSSR count). The molecule has 0 saturated carbocycles. The Morgan fingerprint density at radius 1 is 1.40 bits per heavy atom. The number of rotatable bonds is 6. The van der Waals surface area contributed by atoms with E-state index in [0.717, 1.165) is 11.5 Å². The average Bonchev–Trinajstić information content (AvgIpc) is 3.16. The summed E-state index contributed by atoms with van der Waals surface area (Å²) in [6.07, 6.45) is 1.59. The van der Waals surface area contributed by atoms with E-state index in [0.29, 0.717) is 17.8 Å². The van der Waals surface area contributed by atoms with Crippen molar-refractivity contribution >= 4 is 11.8 Å². The Morgan fingerprint density at radius 2 is 2.12 bits per heavy atom. The summed E-state index contributed by atoms with van der Waals surface area (Å²) in [5, 5.41) is 8.89. The van der Waals surface area contributed by atoms with Gasteiger partial charge in [-0.05, 0) is 39.0 Å². The summed E-state index contributed by atoms with van der Waals surface area (Å²) >= 11 is 0. The van der Waals surface area contributed by atoms with Crippen molar-refractivity contribution in [2.24, 2.45) is 5.73 Å². The Morgan fingerprint density at radius 3 is 2.68 bits per heavy atom. The third kappa shape index (κ3) is 3.98. The van der Waals surface area contributed by atoms with Crippen LogP contribution in [0, 0.1) is 25.2 Å². The molecule has 0 atom stereocenters. The quantitative estimate of drug-likeness (QED) is 0.490. The van der Waals surface area contributed by atoms with Crippen molar-refractivity contribution in [3.63, 3.8) is 0 Å². The predicted molar refractivity (Wildman–Crippen MR) is 89.5 cm³/mol. The number of Topliss-reactive ketones (excluding diaryl/α,β-unsaturated/α-hetero) is 1. The molecule has 0 saturated heterocycles. The van der Waals surface area contributed by atoms with Crippen LogP contribution in [0.1, 0.15) is 34.4 Å². The van der Waals surface area contributed by atoms with Crippen LogP contribution in [0.5, 0.6) is 0 Å². The Bertz CT molecular complexity index is 863. The third-order valence-electron chi connectivity index (χ3n) is 3.81. The van der Waals surface area contributed by atoms with Crippen molar-refractivity contribution in [3.05, 3.63) is 58.4 Å². The summed E-state index contributed by atoms with van der Waals surface area (Å²) in [4.78, 5) is 24.1. The number of hydrogen-bond acceptors (Lipinski definition) is 6. The number of furan rings is 1. The van der Waals surface area contributed by atoms with Crippen LogP contribution in [0.25, 0.3) is 0 Å². The van der Waals surface area contributed by atoms with Crippen molar-refractivity contribution in [3.8, 4) is 6.07 Å². The van der Waals surface area contributed by atoms with E-state index in [1.807, 2.05) is 17.6 Å². The molecule has 0 fully saturated rings. The summed E-state index contributed by atoms with van der Waals surface area (Å²) < 4.78 is 12.3. The predicted octanol–water partition coefficient (Wildman–Crippen LogP) is 2.23. The van der Waals surface area contributed by atoms with Gasteiger partial charge in [0.05, 0.1) is 18.4 Å². The van der Waals surface area contributed by atoms with Gasteiger partial charge in [-0.3, -0.25) is 4.79 Å². The van der Waals surface area contributed by atoms with Crippen LogP contribution in [-0.4, -0.2) is 22.9 Å². The molecule has 0 amide bonds. The van der Waals surface area contributed by atoms with Crippen LogP contribution in [0.3, 0.4) is 0 Å². The highest BCUT2D eigenvalue weighted by molar-refractivity contribution is 6.02. The largest absolute Gasteiger partial charge is 0.467 e. The standard InChI is InChI=1S/C18H19N3O4/c1-11-7-15(13(3)21(11)9-14-5-4-6-24-14)18(23)25-10-17(22)16(8-19)12(2)20/h4-7H,9-10,20H2,1-3H3/b16-12+. The van der Waals surface area contributed by atoms with Crippen LogP contribution >= 0.6 is 0 Å². The lowest BCUT2D eigenvalue weighted by Gasteiger charge is -2.08. The number of esters is 1. The Hall–Kier alpha value is -3.27. The minimum absolute atomic E-state index is 0.0974. The van der Waals surface area contributed by atoms with Gasteiger partial charge in [-0.2, -0.15) is 5.26 Å². The second kappa shape index (κ2) is 7.53. The maximum atomic E-state index is 12.3. The van der Waals surface area contributed by atoms with Crippen molar-refractivity contribution in [2.75, 3.05) is 6.61 Å². The van der Waals surface area contributed by atoms with Crippen LogP contribution in [-0.2, 0) is 16.1 Å². The van der Waals surface area contributed by atoms with Crippen molar-refractivity contribution < 1.29 is 18.7 Å². The number of carbonyl (C=O) groups is 2. The van der Waals surface area contributed by atoms with Gasteiger partial charge < -0.3 is 19.5 Å². The molecule has 2 N–H and O–H groups in total. The number of allylic oxidation sites excluding steroid dienone is 1. The monoisotopic (exact) mass is 341 g/mol. The van der Waals surface area contributed by atoms with Crippen molar-refractivity contribution in [1.29, 1.82) is 5.26 Å². The minimum Gasteiger partial charge on any atom is -0.467 e. The molecule has 7 heteroatoms. The number of aryl methyl sites for hydroxylation is 1. The van der Waals surface area contributed by atoms with Crippen LogP contribution < -0.4 is 5.73 Å². The molecule has 0 bridgehead atoms. The maximum Gasteiger partial charge on any atom is 0.340 e. The molecular weight excluding hydrogens is 322 g/mol. The van der Waals surface area contributed by atoms with Gasteiger partial charge in [0.2, 0.25) is 5.78 Å². The number of carbonyl (C=O) groups excluding carboxylic acids is 2. The number of ether oxygens (including phenoxy) is 1. The zero-order valence-electron chi connectivity index (χ0n) is 14.3. The number of ketones is 1. The highest BCUT2D eigenvalue weighted by Gasteiger charge is 2.20. The second-order valence-electron chi connectivity index (χ2n) is 5.62. The lowest BCUT2D eigenvalue weighted by atomic mass is 10.1. The van der Waals surface area contributed by atoms with Crippen LogP contribution in [0.4, 0.5) is 0 Å². The molecule has 130 valence electrons. The molecule has 2 aromatic rings. The summed E-state index contributed by atoms with van der Waals surface area (Å²) in [6.45, 7) is 5.06. The molecule has 0 aromatic carbocycles. The van der Waals surface area contributed by atoms with Crippen LogP contribution in [0.2, 0.25) is 0 Å². The minimum atomic E-state index is -0.626. The van der Waals surface area contributed by atoms with Crippen molar-refractivity contribution in [2.45, 2.75) is 27.3 Å². The van der Waals surface area contributed by atoms with E-state index < -0.39 is 18.4 Å². The average molecular weight is 341 g/mol. The van der Waals surface area contributed by atoms with Gasteiger partial charge >= 0.3 is 5.97 Å². The molecular formula is C18H19N3O4.